The average Bonchev–Trinajstić information content (AvgIpc) is 3.06. The fourth-order valence-electron chi connectivity index (χ4n) is 1.89. The van der Waals surface area contributed by atoms with E-state index in [9.17, 15) is 5.26 Å². The van der Waals surface area contributed by atoms with Gasteiger partial charge in [0, 0.05) is 5.69 Å². The number of rotatable bonds is 4. The highest BCUT2D eigenvalue weighted by molar-refractivity contribution is 7.08. The Labute approximate surface area is 137 Å². The monoisotopic (exact) mass is 320 g/mol. The molecule has 0 unspecified atom stereocenters. The minimum absolute atomic E-state index is 0.0555. The summed E-state index contributed by atoms with van der Waals surface area (Å²) < 4.78 is 0. The highest BCUT2D eigenvalue weighted by atomic mass is 32.1. The number of hydrogen-bond donors (Lipinski definition) is 2. The van der Waals surface area contributed by atoms with E-state index in [4.69, 9.17) is 5.73 Å². The predicted octanol–water partition coefficient (Wildman–Crippen LogP) is 3.32. The number of nitriles is 1. The zero-order valence-corrected chi connectivity index (χ0v) is 12.8. The molecule has 0 aliphatic carbocycles. The summed E-state index contributed by atoms with van der Waals surface area (Å²) in [6.07, 6.45) is 1.72. The Morgan fingerprint density at radius 1 is 1.17 bits per heavy atom. The number of nitrogens with two attached hydrogens (primary N) is 1. The molecular formula is C16H12N6S. The lowest BCUT2D eigenvalue weighted by Gasteiger charge is -2.06. The molecule has 0 aliphatic heterocycles. The molecule has 0 saturated heterocycles. The molecule has 0 atom stereocenters. The molecule has 0 amide bonds. The summed E-state index contributed by atoms with van der Waals surface area (Å²) in [4.78, 5) is 12.4. The van der Waals surface area contributed by atoms with E-state index in [2.05, 4.69) is 26.3 Å². The number of aromatic nitrogens is 3. The normalized spacial score (nSPS) is 11.0. The average molecular weight is 320 g/mol. The topological polar surface area (TPSA) is 101 Å². The molecule has 3 rings (SSSR count). The molecule has 0 aliphatic rings. The second-order valence-corrected chi connectivity index (χ2v) is 5.34. The first kappa shape index (κ1) is 14.7. The summed E-state index contributed by atoms with van der Waals surface area (Å²) in [5.41, 5.74) is 7.81. The van der Waals surface area contributed by atoms with Gasteiger partial charge in [-0.25, -0.2) is 0 Å². The van der Waals surface area contributed by atoms with E-state index in [1.54, 1.807) is 17.4 Å². The lowest BCUT2D eigenvalue weighted by Crippen LogP contribution is -2.06. The van der Waals surface area contributed by atoms with Gasteiger partial charge in [0.05, 0.1) is 5.57 Å². The van der Waals surface area contributed by atoms with Crippen LogP contribution in [0.1, 0.15) is 11.4 Å². The number of thiophene rings is 1. The van der Waals surface area contributed by atoms with E-state index in [-0.39, 0.29) is 11.8 Å². The summed E-state index contributed by atoms with van der Waals surface area (Å²) in [5, 5.41) is 16.3. The summed E-state index contributed by atoms with van der Waals surface area (Å²) >= 11 is 1.55. The number of anilines is 3. The van der Waals surface area contributed by atoms with Crippen LogP contribution >= 0.6 is 11.3 Å². The van der Waals surface area contributed by atoms with Crippen molar-refractivity contribution < 1.29 is 0 Å². The third kappa shape index (κ3) is 3.70. The molecule has 7 heteroatoms. The predicted molar refractivity (Wildman–Crippen MR) is 91.8 cm³/mol. The molecule has 3 N–H and O–H groups in total. The van der Waals surface area contributed by atoms with Crippen molar-refractivity contribution in [1.82, 2.24) is 15.0 Å². The SMILES string of the molecule is N#C/C(=C/c1ccsc1)c1nc(N)nc(Nc2ccccc2)n1. The Hall–Kier alpha value is -3.24. The number of nitrogen functional groups attached to an aromatic ring is 1. The van der Waals surface area contributed by atoms with Crippen molar-refractivity contribution in [3.63, 3.8) is 0 Å². The Bertz CT molecular complexity index is 865. The van der Waals surface area contributed by atoms with Crippen molar-refractivity contribution in [3.8, 4) is 6.07 Å². The van der Waals surface area contributed by atoms with Gasteiger partial charge in [-0.1, -0.05) is 18.2 Å². The Kier molecular flexibility index (Phi) is 4.27. The van der Waals surface area contributed by atoms with E-state index >= 15 is 0 Å². The van der Waals surface area contributed by atoms with E-state index in [1.807, 2.05) is 47.2 Å². The minimum atomic E-state index is 0.0555. The quantitative estimate of drug-likeness (QED) is 0.715. The van der Waals surface area contributed by atoms with Crippen molar-refractivity contribution in [3.05, 3.63) is 58.5 Å². The van der Waals surface area contributed by atoms with Crippen molar-refractivity contribution in [2.24, 2.45) is 0 Å². The summed E-state index contributed by atoms with van der Waals surface area (Å²) in [7, 11) is 0. The summed E-state index contributed by atoms with van der Waals surface area (Å²) in [5.74, 6) is 0.592. The third-order valence-corrected chi connectivity index (χ3v) is 3.60. The smallest absolute Gasteiger partial charge is 0.232 e. The maximum Gasteiger partial charge on any atom is 0.232 e. The van der Waals surface area contributed by atoms with Gasteiger partial charge in [-0.2, -0.15) is 31.6 Å². The highest BCUT2D eigenvalue weighted by Gasteiger charge is 2.10. The molecular weight excluding hydrogens is 308 g/mol. The molecule has 112 valence electrons. The Balaban J connectivity index is 1.95. The van der Waals surface area contributed by atoms with Gasteiger partial charge in [0.15, 0.2) is 5.82 Å². The van der Waals surface area contributed by atoms with Gasteiger partial charge in [0.25, 0.3) is 0 Å². The standard InChI is InChI=1S/C16H12N6S/c17-9-12(8-11-6-7-23-10-11)14-20-15(18)22-16(21-14)19-13-4-2-1-3-5-13/h1-8,10H,(H3,18,19,20,21,22)/b12-8-. The van der Waals surface area contributed by atoms with Gasteiger partial charge in [-0.05, 0) is 40.6 Å². The van der Waals surface area contributed by atoms with Gasteiger partial charge >= 0.3 is 0 Å². The molecule has 0 saturated carbocycles. The largest absolute Gasteiger partial charge is 0.368 e. The zero-order chi connectivity index (χ0) is 16.1. The number of para-hydroxylation sites is 1. The summed E-state index contributed by atoms with van der Waals surface area (Å²) in [6, 6.07) is 13.5. The van der Waals surface area contributed by atoms with Crippen LogP contribution in [-0.4, -0.2) is 15.0 Å². The van der Waals surface area contributed by atoms with Gasteiger partial charge in [-0.15, -0.1) is 0 Å². The molecule has 0 spiro atoms. The molecule has 23 heavy (non-hydrogen) atoms. The Morgan fingerprint density at radius 2 is 2.00 bits per heavy atom. The van der Waals surface area contributed by atoms with Crippen molar-refractivity contribution >= 4 is 40.6 Å². The molecule has 2 aromatic heterocycles. The molecule has 0 fully saturated rings. The van der Waals surface area contributed by atoms with Crippen LogP contribution in [-0.2, 0) is 0 Å². The second-order valence-electron chi connectivity index (χ2n) is 4.56. The number of benzene rings is 1. The molecule has 1 aromatic carbocycles. The van der Waals surface area contributed by atoms with Crippen LogP contribution < -0.4 is 11.1 Å². The molecule has 6 nitrogen and oxygen atoms in total. The number of hydrogen-bond acceptors (Lipinski definition) is 7. The molecule has 3 aromatic rings. The maximum absolute atomic E-state index is 9.37. The third-order valence-electron chi connectivity index (χ3n) is 2.90. The number of allylic oxidation sites excluding steroid dienone is 1. The van der Waals surface area contributed by atoms with Crippen LogP contribution in [0, 0.1) is 11.3 Å². The van der Waals surface area contributed by atoms with Crippen LogP contribution in [0.4, 0.5) is 17.6 Å². The second kappa shape index (κ2) is 6.68. The van der Waals surface area contributed by atoms with Crippen LogP contribution in [0.25, 0.3) is 11.6 Å². The fraction of sp³-hybridized carbons (Fsp3) is 0. The van der Waals surface area contributed by atoms with Crippen LogP contribution in [0.15, 0.2) is 47.2 Å². The highest BCUT2D eigenvalue weighted by Crippen LogP contribution is 2.19. The van der Waals surface area contributed by atoms with Crippen LogP contribution in [0.5, 0.6) is 0 Å². The summed E-state index contributed by atoms with van der Waals surface area (Å²) in [6.45, 7) is 0. The number of nitrogens with one attached hydrogen (secondary N) is 1. The van der Waals surface area contributed by atoms with Crippen molar-refractivity contribution in [1.29, 1.82) is 5.26 Å². The Morgan fingerprint density at radius 3 is 2.70 bits per heavy atom. The van der Waals surface area contributed by atoms with Crippen molar-refractivity contribution in [2.45, 2.75) is 0 Å². The van der Waals surface area contributed by atoms with Gasteiger partial charge in [-0.3, -0.25) is 0 Å². The first-order valence-electron chi connectivity index (χ1n) is 6.72. The molecule has 0 radical (unpaired) electrons. The van der Waals surface area contributed by atoms with Gasteiger partial charge in [0.2, 0.25) is 11.9 Å². The van der Waals surface area contributed by atoms with Gasteiger partial charge < -0.3 is 11.1 Å². The maximum atomic E-state index is 9.37. The van der Waals surface area contributed by atoms with Gasteiger partial charge in [0.1, 0.15) is 6.07 Å². The van der Waals surface area contributed by atoms with E-state index < -0.39 is 0 Å². The fourth-order valence-corrected chi connectivity index (χ4v) is 2.51. The number of nitrogens with zero attached hydrogens (tertiary/aromatic N) is 4. The van der Waals surface area contributed by atoms with E-state index in [0.717, 1.165) is 11.3 Å². The zero-order valence-electron chi connectivity index (χ0n) is 12.0. The van der Waals surface area contributed by atoms with Crippen LogP contribution in [0.2, 0.25) is 0 Å². The van der Waals surface area contributed by atoms with Crippen LogP contribution in [0.3, 0.4) is 0 Å². The first-order chi connectivity index (χ1) is 11.2. The minimum Gasteiger partial charge on any atom is -0.368 e. The molecule has 0 bridgehead atoms. The lowest BCUT2D eigenvalue weighted by molar-refractivity contribution is 1.04. The van der Waals surface area contributed by atoms with Crippen molar-refractivity contribution in [2.75, 3.05) is 11.1 Å². The first-order valence-corrected chi connectivity index (χ1v) is 7.67. The van der Waals surface area contributed by atoms with E-state index in [0.29, 0.717) is 11.5 Å². The van der Waals surface area contributed by atoms with E-state index in [1.165, 1.54) is 0 Å². The molecule has 2 heterocycles. The lowest BCUT2D eigenvalue weighted by atomic mass is 10.2.